The number of halogens is 1. The molecule has 35 heavy (non-hydrogen) atoms. The fourth-order valence-electron chi connectivity index (χ4n) is 4.84. The first kappa shape index (κ1) is 26.7. The molecule has 2 aliphatic rings. The standard InChI is InChI=1S/C19H29ClN5O8PS/c1-3-13(34(28,29)30)35(31,32)8-12-14(26)15(27)18(33-12)25-17-10(7-21-25)16(23-19(20)24-17)22-11-6-4-5-9(11)2/h7,9,11-15,18,26-27H,3-6,8H2,1-2H3,(H,22,23,24)(H2,28,29,30)/t9?,11?,12-,13?,14-,15-,18-/m1/s1. The second-order valence-electron chi connectivity index (χ2n) is 9.15. The second-order valence-corrected chi connectivity index (χ2v) is 13.9. The lowest BCUT2D eigenvalue weighted by atomic mass is 10.1. The first-order valence-electron chi connectivity index (χ1n) is 11.3. The summed E-state index contributed by atoms with van der Waals surface area (Å²) >= 11 is 6.15. The Bertz CT molecular complexity index is 1240. The van der Waals surface area contributed by atoms with Gasteiger partial charge in [0.1, 0.15) is 24.1 Å². The molecular formula is C19H29ClN5O8PS. The summed E-state index contributed by atoms with van der Waals surface area (Å²) < 4.78 is 43.8. The molecule has 3 unspecified atom stereocenters. The van der Waals surface area contributed by atoms with Crippen LogP contribution in [0, 0.1) is 5.92 Å². The predicted molar refractivity (Wildman–Crippen MR) is 127 cm³/mol. The van der Waals surface area contributed by atoms with E-state index in [0.717, 1.165) is 19.3 Å². The van der Waals surface area contributed by atoms with E-state index >= 15 is 0 Å². The maximum Gasteiger partial charge on any atom is 0.343 e. The summed E-state index contributed by atoms with van der Waals surface area (Å²) in [6, 6.07) is 0.192. The summed E-state index contributed by atoms with van der Waals surface area (Å²) in [6.45, 7) is 3.48. The molecule has 13 nitrogen and oxygen atoms in total. The van der Waals surface area contributed by atoms with E-state index in [4.69, 9.17) is 16.3 Å². The van der Waals surface area contributed by atoms with Gasteiger partial charge in [0.25, 0.3) is 0 Å². The minimum Gasteiger partial charge on any atom is -0.387 e. The van der Waals surface area contributed by atoms with Crippen molar-refractivity contribution in [3.63, 3.8) is 0 Å². The van der Waals surface area contributed by atoms with Crippen molar-refractivity contribution in [2.24, 2.45) is 5.92 Å². The molecule has 0 radical (unpaired) electrons. The molecule has 0 spiro atoms. The molecular weight excluding hydrogens is 525 g/mol. The average molecular weight is 554 g/mol. The summed E-state index contributed by atoms with van der Waals surface area (Å²) in [6.07, 6.45) is -1.73. The largest absolute Gasteiger partial charge is 0.387 e. The lowest BCUT2D eigenvalue weighted by Crippen LogP contribution is -2.38. The molecule has 7 atom stereocenters. The number of aromatic nitrogens is 4. The quantitative estimate of drug-likeness (QED) is 0.230. The number of anilines is 1. The molecule has 1 saturated heterocycles. The van der Waals surface area contributed by atoms with E-state index in [2.05, 4.69) is 27.3 Å². The van der Waals surface area contributed by atoms with Crippen LogP contribution in [0.25, 0.3) is 11.0 Å². The molecule has 3 heterocycles. The number of fused-ring (bicyclic) bond motifs is 1. The molecule has 1 aliphatic heterocycles. The Morgan fingerprint density at radius 3 is 2.60 bits per heavy atom. The van der Waals surface area contributed by atoms with E-state index in [-0.39, 0.29) is 23.4 Å². The number of sulfone groups is 1. The van der Waals surface area contributed by atoms with Gasteiger partial charge in [0.05, 0.1) is 17.3 Å². The predicted octanol–water partition coefficient (Wildman–Crippen LogP) is 1.03. The van der Waals surface area contributed by atoms with Crippen LogP contribution in [0.5, 0.6) is 0 Å². The van der Waals surface area contributed by atoms with Crippen LogP contribution in [0.3, 0.4) is 0 Å². The summed E-state index contributed by atoms with van der Waals surface area (Å²) in [5, 5.41) is 29.2. The van der Waals surface area contributed by atoms with Gasteiger partial charge in [0.15, 0.2) is 26.7 Å². The van der Waals surface area contributed by atoms with Crippen molar-refractivity contribution in [3.05, 3.63) is 11.5 Å². The van der Waals surface area contributed by atoms with Crippen molar-refractivity contribution in [3.8, 4) is 0 Å². The number of nitrogens with zero attached hydrogens (tertiary/aromatic N) is 4. The van der Waals surface area contributed by atoms with Gasteiger partial charge in [0.2, 0.25) is 5.28 Å². The van der Waals surface area contributed by atoms with Gasteiger partial charge in [0, 0.05) is 6.04 Å². The summed E-state index contributed by atoms with van der Waals surface area (Å²) in [7, 11) is -9.34. The third-order valence-corrected chi connectivity index (χ3v) is 11.8. The summed E-state index contributed by atoms with van der Waals surface area (Å²) in [5.41, 5.74) is 0.208. The number of rotatable bonds is 8. The van der Waals surface area contributed by atoms with Gasteiger partial charge in [-0.2, -0.15) is 15.1 Å². The first-order valence-corrected chi connectivity index (χ1v) is 15.1. The number of aliphatic hydroxyl groups excluding tert-OH is 2. The maximum atomic E-state index is 12.7. The zero-order valence-electron chi connectivity index (χ0n) is 19.1. The third-order valence-electron chi connectivity index (χ3n) is 6.72. The SMILES string of the molecule is CCC(P(=O)(O)O)S(=O)(=O)C[C@H]1O[C@@H](n2ncc3c(NC4CCCC4C)nc(Cl)nc32)[C@H](O)[C@@H]1O. The van der Waals surface area contributed by atoms with Crippen molar-refractivity contribution >= 4 is 45.9 Å². The molecule has 2 aromatic rings. The van der Waals surface area contributed by atoms with E-state index in [1.54, 1.807) is 0 Å². The van der Waals surface area contributed by atoms with Crippen LogP contribution in [0.15, 0.2) is 6.20 Å². The van der Waals surface area contributed by atoms with Gasteiger partial charge in [-0.3, -0.25) is 4.57 Å². The number of aliphatic hydroxyl groups is 2. The highest BCUT2D eigenvalue weighted by Gasteiger charge is 2.49. The molecule has 4 rings (SSSR count). The molecule has 2 aromatic heterocycles. The van der Waals surface area contributed by atoms with Crippen molar-refractivity contribution in [1.82, 2.24) is 19.7 Å². The molecule has 1 aliphatic carbocycles. The van der Waals surface area contributed by atoms with Crippen LogP contribution in [0.1, 0.15) is 45.8 Å². The Hall–Kier alpha value is -1.38. The van der Waals surface area contributed by atoms with Gasteiger partial charge in [-0.15, -0.1) is 0 Å². The Balaban J connectivity index is 1.61. The van der Waals surface area contributed by atoms with Gasteiger partial charge < -0.3 is 30.1 Å². The van der Waals surface area contributed by atoms with E-state index in [9.17, 15) is 33.0 Å². The normalized spacial score (nSPS) is 30.7. The van der Waals surface area contributed by atoms with Gasteiger partial charge in [-0.25, -0.2) is 13.1 Å². The highest BCUT2D eigenvalue weighted by molar-refractivity contribution is 7.98. The van der Waals surface area contributed by atoms with Crippen molar-refractivity contribution in [1.29, 1.82) is 0 Å². The van der Waals surface area contributed by atoms with Crippen LogP contribution >= 0.6 is 19.2 Å². The van der Waals surface area contributed by atoms with Crippen molar-refractivity contribution in [2.75, 3.05) is 11.1 Å². The Morgan fingerprint density at radius 1 is 1.29 bits per heavy atom. The Morgan fingerprint density at radius 2 is 2.00 bits per heavy atom. The van der Waals surface area contributed by atoms with E-state index < -0.39 is 52.7 Å². The monoisotopic (exact) mass is 553 g/mol. The lowest BCUT2D eigenvalue weighted by Gasteiger charge is -2.21. The zero-order valence-corrected chi connectivity index (χ0v) is 21.6. The highest BCUT2D eigenvalue weighted by Crippen LogP contribution is 2.47. The third kappa shape index (κ3) is 5.21. The minimum atomic E-state index is -4.96. The zero-order chi connectivity index (χ0) is 25.7. The summed E-state index contributed by atoms with van der Waals surface area (Å²) in [5.74, 6) is 0.00324. The van der Waals surface area contributed by atoms with E-state index in [1.165, 1.54) is 17.8 Å². The topological polar surface area (TPSA) is 197 Å². The average Bonchev–Trinajstić information content (AvgIpc) is 3.41. The molecule has 16 heteroatoms. The van der Waals surface area contributed by atoms with Gasteiger partial charge in [-0.1, -0.05) is 20.3 Å². The second kappa shape index (κ2) is 9.82. The highest BCUT2D eigenvalue weighted by atomic mass is 35.5. The molecule has 0 aromatic carbocycles. The Kier molecular flexibility index (Phi) is 7.49. The molecule has 1 saturated carbocycles. The Labute approximate surface area is 206 Å². The fourth-order valence-corrected chi connectivity index (χ4v) is 8.88. The molecule has 5 N–H and O–H groups in total. The van der Waals surface area contributed by atoms with Crippen LogP contribution in [0.4, 0.5) is 5.82 Å². The van der Waals surface area contributed by atoms with E-state index in [1.807, 2.05) is 0 Å². The molecule has 0 bridgehead atoms. The van der Waals surface area contributed by atoms with Crippen LogP contribution in [0.2, 0.25) is 5.28 Å². The smallest absolute Gasteiger partial charge is 0.343 e. The fraction of sp³-hybridized carbons (Fsp3) is 0.737. The van der Waals surface area contributed by atoms with Gasteiger partial charge >= 0.3 is 7.60 Å². The van der Waals surface area contributed by atoms with Crippen molar-refractivity contribution in [2.45, 2.75) is 75.1 Å². The maximum absolute atomic E-state index is 12.7. The molecule has 196 valence electrons. The van der Waals surface area contributed by atoms with Crippen LogP contribution in [-0.4, -0.2) is 83.3 Å². The van der Waals surface area contributed by atoms with Crippen LogP contribution < -0.4 is 5.32 Å². The summed E-state index contributed by atoms with van der Waals surface area (Å²) in [4.78, 5) is 25.4. The number of hydrogen-bond acceptors (Lipinski definition) is 10. The van der Waals surface area contributed by atoms with Crippen molar-refractivity contribution < 1.29 is 37.7 Å². The molecule has 0 amide bonds. The van der Waals surface area contributed by atoms with E-state index in [0.29, 0.717) is 17.1 Å². The minimum absolute atomic E-state index is 0.0769. The number of nitrogens with one attached hydrogen (secondary N) is 1. The molecule has 2 fully saturated rings. The van der Waals surface area contributed by atoms with Crippen LogP contribution in [-0.2, 0) is 19.1 Å². The lowest BCUT2D eigenvalue weighted by molar-refractivity contribution is -0.0365. The number of ether oxygens (including phenoxy) is 1. The first-order chi connectivity index (χ1) is 16.3. The number of hydrogen-bond donors (Lipinski definition) is 5. The van der Waals surface area contributed by atoms with Gasteiger partial charge in [-0.05, 0) is 36.8 Å².